The molecule has 0 fully saturated rings. The second-order valence-corrected chi connectivity index (χ2v) is 6.03. The second-order valence-electron chi connectivity index (χ2n) is 5.00. The molecule has 3 heteroatoms. The fraction of sp³-hybridized carbons (Fsp3) is 0.400. The predicted molar refractivity (Wildman–Crippen MR) is 78.2 cm³/mol. The van der Waals surface area contributed by atoms with Gasteiger partial charge in [-0.15, -0.1) is 0 Å². The lowest BCUT2D eigenvalue weighted by molar-refractivity contribution is 0.559. The molecule has 0 spiro atoms. The zero-order chi connectivity index (χ0) is 13.1. The van der Waals surface area contributed by atoms with Crippen molar-refractivity contribution in [1.29, 1.82) is 0 Å². The number of hydrogen-bond acceptors (Lipinski definition) is 3. The highest BCUT2D eigenvalue weighted by Gasteiger charge is 2.06. The molecule has 0 saturated carbocycles. The number of fused-ring (bicyclic) bond motifs is 1. The molecule has 1 aromatic carbocycles. The Morgan fingerprint density at radius 1 is 1.28 bits per heavy atom. The smallest absolute Gasteiger partial charge is 0.336 e. The first-order chi connectivity index (χ1) is 8.56. The van der Waals surface area contributed by atoms with Gasteiger partial charge in [-0.05, 0) is 35.8 Å². The van der Waals surface area contributed by atoms with Gasteiger partial charge in [-0.25, -0.2) is 4.79 Å². The minimum Gasteiger partial charge on any atom is -0.423 e. The van der Waals surface area contributed by atoms with Crippen LogP contribution in [0.4, 0.5) is 0 Å². The quantitative estimate of drug-likeness (QED) is 0.780. The summed E-state index contributed by atoms with van der Waals surface area (Å²) in [5.74, 6) is 2.64. The Morgan fingerprint density at radius 2 is 2.06 bits per heavy atom. The number of benzene rings is 1. The van der Waals surface area contributed by atoms with Crippen molar-refractivity contribution >= 4 is 22.7 Å². The first-order valence-electron chi connectivity index (χ1n) is 6.17. The number of thioether (sulfide) groups is 1. The van der Waals surface area contributed by atoms with Crippen LogP contribution in [-0.4, -0.2) is 5.75 Å². The van der Waals surface area contributed by atoms with Crippen LogP contribution in [-0.2, 0) is 5.75 Å². The lowest BCUT2D eigenvalue weighted by Crippen LogP contribution is -2.01. The van der Waals surface area contributed by atoms with Gasteiger partial charge in [-0.3, -0.25) is 0 Å². The first-order valence-corrected chi connectivity index (χ1v) is 7.33. The number of hydrogen-bond donors (Lipinski definition) is 0. The van der Waals surface area contributed by atoms with Crippen molar-refractivity contribution in [2.45, 2.75) is 26.5 Å². The summed E-state index contributed by atoms with van der Waals surface area (Å²) in [5, 5.41) is 1.05. The fourth-order valence-corrected chi connectivity index (χ4v) is 2.91. The Balaban J connectivity index is 2.34. The lowest BCUT2D eigenvalue weighted by Gasteiger charge is -2.07. The Kier molecular flexibility index (Phi) is 4.12. The van der Waals surface area contributed by atoms with Crippen molar-refractivity contribution in [3.8, 4) is 0 Å². The molecule has 0 N–H and O–H groups in total. The molecule has 0 unspecified atom stereocenters. The summed E-state index contributed by atoms with van der Waals surface area (Å²) in [6.07, 6.45) is 0. The van der Waals surface area contributed by atoms with E-state index in [1.807, 2.05) is 30.8 Å². The minimum absolute atomic E-state index is 0.256. The van der Waals surface area contributed by atoms with Crippen molar-refractivity contribution in [3.05, 3.63) is 45.8 Å². The molecule has 96 valence electrons. The molecule has 0 aliphatic carbocycles. The third-order valence-corrected chi connectivity index (χ3v) is 4.11. The molecule has 0 bridgehead atoms. The average molecular weight is 262 g/mol. The average Bonchev–Trinajstić information content (AvgIpc) is 2.27. The molecular weight excluding hydrogens is 244 g/mol. The second kappa shape index (κ2) is 5.61. The van der Waals surface area contributed by atoms with Gasteiger partial charge in [-0.1, -0.05) is 26.0 Å². The van der Waals surface area contributed by atoms with Gasteiger partial charge in [0.2, 0.25) is 0 Å². The van der Waals surface area contributed by atoms with Crippen LogP contribution in [0.15, 0.2) is 33.5 Å². The molecule has 0 saturated heterocycles. The summed E-state index contributed by atoms with van der Waals surface area (Å²) in [7, 11) is 0. The number of rotatable bonds is 4. The van der Waals surface area contributed by atoms with Crippen LogP contribution < -0.4 is 5.63 Å². The molecule has 2 aromatic rings. The number of aryl methyl sites for hydroxylation is 1. The topological polar surface area (TPSA) is 30.2 Å². The zero-order valence-corrected chi connectivity index (χ0v) is 11.8. The van der Waals surface area contributed by atoms with Crippen molar-refractivity contribution < 1.29 is 4.42 Å². The Morgan fingerprint density at radius 3 is 2.78 bits per heavy atom. The maximum atomic E-state index is 11.5. The highest BCUT2D eigenvalue weighted by Crippen LogP contribution is 2.23. The Labute approximate surface area is 111 Å². The summed E-state index contributed by atoms with van der Waals surface area (Å²) < 4.78 is 5.25. The van der Waals surface area contributed by atoms with Crippen LogP contribution >= 0.6 is 11.8 Å². The van der Waals surface area contributed by atoms with Gasteiger partial charge in [0.25, 0.3) is 0 Å². The third-order valence-electron chi connectivity index (χ3n) is 2.69. The highest BCUT2D eigenvalue weighted by atomic mass is 32.2. The van der Waals surface area contributed by atoms with Crippen LogP contribution in [0.1, 0.15) is 25.0 Å². The van der Waals surface area contributed by atoms with E-state index in [4.69, 9.17) is 4.42 Å². The molecule has 0 atom stereocenters. The molecule has 18 heavy (non-hydrogen) atoms. The van der Waals surface area contributed by atoms with Crippen molar-refractivity contribution in [2.24, 2.45) is 5.92 Å². The molecule has 0 radical (unpaired) electrons. The van der Waals surface area contributed by atoms with Crippen LogP contribution in [0.5, 0.6) is 0 Å². The summed E-state index contributed by atoms with van der Waals surface area (Å²) in [4.78, 5) is 11.5. The highest BCUT2D eigenvalue weighted by molar-refractivity contribution is 7.98. The van der Waals surface area contributed by atoms with Gasteiger partial charge in [0.05, 0.1) is 0 Å². The van der Waals surface area contributed by atoms with E-state index in [0.29, 0.717) is 11.5 Å². The summed E-state index contributed by atoms with van der Waals surface area (Å²) in [6, 6.07) is 7.64. The van der Waals surface area contributed by atoms with Crippen molar-refractivity contribution in [1.82, 2.24) is 0 Å². The van der Waals surface area contributed by atoms with Gasteiger partial charge in [0.1, 0.15) is 5.58 Å². The molecule has 0 aliphatic heterocycles. The summed E-state index contributed by atoms with van der Waals surface area (Å²) in [6.45, 7) is 6.40. The SMILES string of the molecule is Cc1ccc2c(CSCC(C)C)cc(=O)oc2c1. The minimum atomic E-state index is -0.256. The van der Waals surface area contributed by atoms with E-state index in [1.165, 1.54) is 0 Å². The van der Waals surface area contributed by atoms with Gasteiger partial charge in [0, 0.05) is 17.2 Å². The predicted octanol–water partition coefficient (Wildman–Crippen LogP) is 3.99. The monoisotopic (exact) mass is 262 g/mol. The van der Waals surface area contributed by atoms with E-state index in [1.54, 1.807) is 6.07 Å². The van der Waals surface area contributed by atoms with Gasteiger partial charge in [-0.2, -0.15) is 11.8 Å². The Bertz CT molecular complexity index is 599. The standard InChI is InChI=1S/C15H18O2S/c1-10(2)8-18-9-12-7-15(16)17-14-6-11(3)4-5-13(12)14/h4-7,10H,8-9H2,1-3H3. The van der Waals surface area contributed by atoms with E-state index in [9.17, 15) is 4.79 Å². The van der Waals surface area contributed by atoms with Crippen molar-refractivity contribution in [3.63, 3.8) is 0 Å². The molecule has 0 aliphatic rings. The maximum Gasteiger partial charge on any atom is 0.336 e. The van der Waals surface area contributed by atoms with E-state index < -0.39 is 0 Å². The van der Waals surface area contributed by atoms with Crippen LogP contribution in [0.25, 0.3) is 11.0 Å². The van der Waals surface area contributed by atoms with E-state index in [-0.39, 0.29) is 5.63 Å². The molecule has 2 rings (SSSR count). The molecule has 1 heterocycles. The fourth-order valence-electron chi connectivity index (χ4n) is 1.86. The van der Waals surface area contributed by atoms with Gasteiger partial charge in [0.15, 0.2) is 0 Å². The summed E-state index contributed by atoms with van der Waals surface area (Å²) in [5.41, 5.74) is 2.63. The van der Waals surface area contributed by atoms with Crippen LogP contribution in [0.3, 0.4) is 0 Å². The lowest BCUT2D eigenvalue weighted by atomic mass is 10.1. The first kappa shape index (κ1) is 13.2. The van der Waals surface area contributed by atoms with Crippen molar-refractivity contribution in [2.75, 3.05) is 5.75 Å². The zero-order valence-electron chi connectivity index (χ0n) is 11.0. The summed E-state index contributed by atoms with van der Waals surface area (Å²) >= 11 is 1.86. The van der Waals surface area contributed by atoms with Crippen LogP contribution in [0.2, 0.25) is 0 Å². The molecule has 2 nitrogen and oxygen atoms in total. The molecule has 1 aromatic heterocycles. The van der Waals surface area contributed by atoms with E-state index in [2.05, 4.69) is 19.9 Å². The van der Waals surface area contributed by atoms with Gasteiger partial charge >= 0.3 is 5.63 Å². The third kappa shape index (κ3) is 3.16. The molecular formula is C15H18O2S. The Hall–Kier alpha value is -1.22. The van der Waals surface area contributed by atoms with Crippen LogP contribution in [0, 0.1) is 12.8 Å². The van der Waals surface area contributed by atoms with Gasteiger partial charge < -0.3 is 4.42 Å². The largest absolute Gasteiger partial charge is 0.423 e. The normalized spacial score (nSPS) is 11.3. The molecule has 0 amide bonds. The van der Waals surface area contributed by atoms with E-state index in [0.717, 1.165) is 28.0 Å². The maximum absolute atomic E-state index is 11.5. The van der Waals surface area contributed by atoms with E-state index >= 15 is 0 Å².